The lowest BCUT2D eigenvalue weighted by molar-refractivity contribution is 0.260. The first-order valence-corrected chi connectivity index (χ1v) is 5.35. The zero-order valence-corrected chi connectivity index (χ0v) is 8.94. The Hall–Kier alpha value is -1.22. The van der Waals surface area contributed by atoms with E-state index in [-0.39, 0.29) is 11.8 Å². The minimum atomic E-state index is -0.0374. The van der Waals surface area contributed by atoms with Gasteiger partial charge in [-0.3, -0.25) is 0 Å². The molecule has 0 aromatic heterocycles. The fourth-order valence-corrected chi connectivity index (χ4v) is 1.99. The Morgan fingerprint density at radius 3 is 2.67 bits per heavy atom. The number of phenols is 1. The van der Waals surface area contributed by atoms with Gasteiger partial charge in [0.2, 0.25) is 0 Å². The molecule has 1 atom stereocenters. The largest absolute Gasteiger partial charge is 0.507 e. The number of nitrogens with two attached hydrogens (primary N) is 1. The molecule has 82 valence electrons. The molecule has 1 saturated carbocycles. The topological polar surface area (TPSA) is 55.5 Å². The number of ether oxygens (including phenoxy) is 1. The normalized spacial score (nSPS) is 18.3. The molecule has 3 N–H and O–H groups in total. The van der Waals surface area contributed by atoms with Crippen LogP contribution < -0.4 is 10.5 Å². The van der Waals surface area contributed by atoms with E-state index in [9.17, 15) is 5.11 Å². The molecule has 0 radical (unpaired) electrons. The Labute approximate surface area is 89.9 Å². The highest BCUT2D eigenvalue weighted by atomic mass is 16.5. The van der Waals surface area contributed by atoms with Gasteiger partial charge in [0, 0.05) is 17.7 Å². The number of phenolic OH excluding ortho intramolecular Hbond substituents is 1. The van der Waals surface area contributed by atoms with Crippen LogP contribution >= 0.6 is 0 Å². The van der Waals surface area contributed by atoms with Crippen LogP contribution in [0.5, 0.6) is 11.5 Å². The molecule has 1 fully saturated rings. The molecule has 0 bridgehead atoms. The van der Waals surface area contributed by atoms with Gasteiger partial charge in [0.1, 0.15) is 11.5 Å². The highest BCUT2D eigenvalue weighted by Gasteiger charge is 2.27. The summed E-state index contributed by atoms with van der Waals surface area (Å²) < 4.78 is 5.03. The number of aromatic hydroxyl groups is 1. The first-order chi connectivity index (χ1) is 7.22. The SMILES string of the molecule is COc1ccc([C@H](N)C2CCC2)c(O)c1. The van der Waals surface area contributed by atoms with Crippen molar-refractivity contribution in [3.63, 3.8) is 0 Å². The van der Waals surface area contributed by atoms with Gasteiger partial charge < -0.3 is 15.6 Å². The molecular weight excluding hydrogens is 190 g/mol. The third-order valence-corrected chi connectivity index (χ3v) is 3.25. The molecule has 2 rings (SSSR count). The van der Waals surface area contributed by atoms with Crippen LogP contribution in [0.1, 0.15) is 30.9 Å². The van der Waals surface area contributed by atoms with Gasteiger partial charge in [-0.15, -0.1) is 0 Å². The van der Waals surface area contributed by atoms with Gasteiger partial charge in [0.15, 0.2) is 0 Å². The van der Waals surface area contributed by atoms with Crippen molar-refractivity contribution in [2.24, 2.45) is 11.7 Å². The van der Waals surface area contributed by atoms with Gasteiger partial charge in [-0.1, -0.05) is 12.5 Å². The van der Waals surface area contributed by atoms with Gasteiger partial charge >= 0.3 is 0 Å². The zero-order valence-electron chi connectivity index (χ0n) is 8.94. The van der Waals surface area contributed by atoms with Crippen molar-refractivity contribution in [1.82, 2.24) is 0 Å². The first kappa shape index (κ1) is 10.3. The van der Waals surface area contributed by atoms with E-state index >= 15 is 0 Å². The second kappa shape index (κ2) is 4.11. The van der Waals surface area contributed by atoms with Crippen LogP contribution in [0.15, 0.2) is 18.2 Å². The molecule has 0 unspecified atom stereocenters. The summed E-state index contributed by atoms with van der Waals surface area (Å²) in [5.41, 5.74) is 6.93. The Kier molecular flexibility index (Phi) is 2.82. The molecule has 0 aliphatic heterocycles. The van der Waals surface area contributed by atoms with Crippen molar-refractivity contribution in [1.29, 1.82) is 0 Å². The van der Waals surface area contributed by atoms with Crippen molar-refractivity contribution >= 4 is 0 Å². The highest BCUT2D eigenvalue weighted by molar-refractivity contribution is 5.41. The summed E-state index contributed by atoms with van der Waals surface area (Å²) in [6.45, 7) is 0. The monoisotopic (exact) mass is 207 g/mol. The van der Waals surface area contributed by atoms with E-state index < -0.39 is 0 Å². The Balaban J connectivity index is 2.19. The molecule has 3 heteroatoms. The maximum atomic E-state index is 9.80. The van der Waals surface area contributed by atoms with Crippen molar-refractivity contribution in [2.45, 2.75) is 25.3 Å². The molecule has 1 aromatic carbocycles. The third-order valence-electron chi connectivity index (χ3n) is 3.25. The number of benzene rings is 1. The van der Waals surface area contributed by atoms with E-state index in [4.69, 9.17) is 10.5 Å². The maximum Gasteiger partial charge on any atom is 0.124 e. The summed E-state index contributed by atoms with van der Waals surface area (Å²) in [7, 11) is 1.58. The molecule has 1 aliphatic rings. The van der Waals surface area contributed by atoms with Crippen LogP contribution in [0.3, 0.4) is 0 Å². The number of methoxy groups -OCH3 is 1. The molecule has 1 aromatic rings. The summed E-state index contributed by atoms with van der Waals surface area (Å²) in [5, 5.41) is 9.80. The molecule has 0 amide bonds. The van der Waals surface area contributed by atoms with Crippen molar-refractivity contribution in [2.75, 3.05) is 7.11 Å². The standard InChI is InChI=1S/C12H17NO2/c1-15-9-5-6-10(11(14)7-9)12(13)8-3-2-4-8/h5-8,12,14H,2-4,13H2,1H3/t12-/m1/s1. The minimum absolute atomic E-state index is 0.0374. The average Bonchev–Trinajstić information content (AvgIpc) is 2.14. The Bertz CT molecular complexity index is 347. The predicted molar refractivity (Wildman–Crippen MR) is 58.9 cm³/mol. The summed E-state index contributed by atoms with van der Waals surface area (Å²) in [5.74, 6) is 1.44. The number of hydrogen-bond donors (Lipinski definition) is 2. The van der Waals surface area contributed by atoms with Gasteiger partial charge in [0.05, 0.1) is 7.11 Å². The molecule has 3 nitrogen and oxygen atoms in total. The smallest absolute Gasteiger partial charge is 0.124 e. The molecular formula is C12H17NO2. The van der Waals surface area contributed by atoms with E-state index in [2.05, 4.69) is 0 Å². The quantitative estimate of drug-likeness (QED) is 0.798. The number of hydrogen-bond acceptors (Lipinski definition) is 3. The van der Waals surface area contributed by atoms with E-state index in [1.807, 2.05) is 12.1 Å². The fourth-order valence-electron chi connectivity index (χ4n) is 1.99. The van der Waals surface area contributed by atoms with E-state index in [1.165, 1.54) is 19.3 Å². The predicted octanol–water partition coefficient (Wildman–Crippen LogP) is 2.20. The van der Waals surface area contributed by atoms with Crippen molar-refractivity contribution in [3.05, 3.63) is 23.8 Å². The second-order valence-electron chi connectivity index (χ2n) is 4.14. The van der Waals surface area contributed by atoms with Crippen LogP contribution in [0.2, 0.25) is 0 Å². The van der Waals surface area contributed by atoms with Crippen LogP contribution in [0, 0.1) is 5.92 Å². The first-order valence-electron chi connectivity index (χ1n) is 5.35. The van der Waals surface area contributed by atoms with E-state index in [0.29, 0.717) is 11.7 Å². The average molecular weight is 207 g/mol. The number of rotatable bonds is 3. The molecule has 15 heavy (non-hydrogen) atoms. The van der Waals surface area contributed by atoms with Crippen LogP contribution in [-0.2, 0) is 0 Å². The summed E-state index contributed by atoms with van der Waals surface area (Å²) in [6, 6.07) is 5.28. The molecule has 0 spiro atoms. The lowest BCUT2D eigenvalue weighted by atomic mass is 9.77. The van der Waals surface area contributed by atoms with Gasteiger partial charge in [-0.25, -0.2) is 0 Å². The lowest BCUT2D eigenvalue weighted by Gasteiger charge is -2.31. The molecule has 1 aliphatic carbocycles. The summed E-state index contributed by atoms with van der Waals surface area (Å²) in [4.78, 5) is 0. The lowest BCUT2D eigenvalue weighted by Crippen LogP contribution is -2.26. The minimum Gasteiger partial charge on any atom is -0.507 e. The van der Waals surface area contributed by atoms with Crippen LogP contribution in [0.25, 0.3) is 0 Å². The Morgan fingerprint density at radius 2 is 2.20 bits per heavy atom. The van der Waals surface area contributed by atoms with Crippen LogP contribution in [0.4, 0.5) is 0 Å². The maximum absolute atomic E-state index is 9.80. The van der Waals surface area contributed by atoms with E-state index in [1.54, 1.807) is 13.2 Å². The molecule has 0 saturated heterocycles. The van der Waals surface area contributed by atoms with Crippen LogP contribution in [-0.4, -0.2) is 12.2 Å². The van der Waals surface area contributed by atoms with Gasteiger partial charge in [-0.2, -0.15) is 0 Å². The second-order valence-corrected chi connectivity index (χ2v) is 4.14. The molecule has 0 heterocycles. The zero-order chi connectivity index (χ0) is 10.8. The van der Waals surface area contributed by atoms with Crippen molar-refractivity contribution < 1.29 is 9.84 Å². The van der Waals surface area contributed by atoms with Crippen molar-refractivity contribution in [3.8, 4) is 11.5 Å². The highest BCUT2D eigenvalue weighted by Crippen LogP contribution is 2.39. The van der Waals surface area contributed by atoms with Gasteiger partial charge in [0.25, 0.3) is 0 Å². The summed E-state index contributed by atoms with van der Waals surface area (Å²) in [6.07, 6.45) is 3.61. The summed E-state index contributed by atoms with van der Waals surface area (Å²) >= 11 is 0. The fraction of sp³-hybridized carbons (Fsp3) is 0.500. The Morgan fingerprint density at radius 1 is 1.47 bits per heavy atom. The third kappa shape index (κ3) is 1.92. The van der Waals surface area contributed by atoms with Gasteiger partial charge in [-0.05, 0) is 24.8 Å². The van der Waals surface area contributed by atoms with E-state index in [0.717, 1.165) is 5.56 Å².